The number of nitrogens with zero attached hydrogens (tertiary/aromatic N) is 1. The Morgan fingerprint density at radius 3 is 2.79 bits per heavy atom. The first kappa shape index (κ1) is 13.5. The van der Waals surface area contributed by atoms with Crippen LogP contribution in [-0.2, 0) is 6.42 Å². The van der Waals surface area contributed by atoms with E-state index in [2.05, 4.69) is 10.3 Å². The zero-order valence-corrected chi connectivity index (χ0v) is 11.8. The van der Waals surface area contributed by atoms with Crippen molar-refractivity contribution in [2.24, 2.45) is 0 Å². The molecule has 0 fully saturated rings. The molecule has 0 atom stereocenters. The second-order valence-electron chi connectivity index (χ2n) is 4.39. The van der Waals surface area contributed by atoms with Gasteiger partial charge in [0, 0.05) is 29.7 Å². The van der Waals surface area contributed by atoms with Crippen molar-refractivity contribution >= 4 is 23.0 Å². The molecule has 0 aliphatic heterocycles. The van der Waals surface area contributed by atoms with Gasteiger partial charge in [-0.05, 0) is 37.6 Å². The molecule has 1 aromatic carbocycles. The van der Waals surface area contributed by atoms with E-state index in [1.165, 1.54) is 0 Å². The molecule has 1 aromatic heterocycles. The Kier molecular flexibility index (Phi) is 4.16. The molecule has 0 amide bonds. The molecule has 0 bridgehead atoms. The van der Waals surface area contributed by atoms with Crippen molar-refractivity contribution in [1.29, 1.82) is 0 Å². The van der Waals surface area contributed by atoms with Crippen LogP contribution in [0.25, 0.3) is 0 Å². The molecule has 0 spiro atoms. The zero-order chi connectivity index (χ0) is 13.8. The molecule has 0 saturated carbocycles. The highest BCUT2D eigenvalue weighted by atomic mass is 32.1. The van der Waals surface area contributed by atoms with Crippen molar-refractivity contribution in [2.75, 3.05) is 11.9 Å². The molecule has 4 nitrogen and oxygen atoms in total. The number of aryl methyl sites for hydroxylation is 2. The van der Waals surface area contributed by atoms with Crippen LogP contribution < -0.4 is 5.32 Å². The normalized spacial score (nSPS) is 10.4. The summed E-state index contributed by atoms with van der Waals surface area (Å²) in [5.41, 5.74) is 3.29. The lowest BCUT2D eigenvalue weighted by molar-refractivity contribution is 0.0697. The molecule has 2 rings (SSSR count). The van der Waals surface area contributed by atoms with Gasteiger partial charge in [0.2, 0.25) is 0 Å². The van der Waals surface area contributed by atoms with Crippen LogP contribution in [0.4, 0.5) is 5.69 Å². The highest BCUT2D eigenvalue weighted by Gasteiger charge is 2.05. The number of aromatic nitrogens is 1. The van der Waals surface area contributed by atoms with Crippen LogP contribution in [0.15, 0.2) is 23.6 Å². The zero-order valence-electron chi connectivity index (χ0n) is 10.9. The maximum Gasteiger partial charge on any atom is 0.335 e. The van der Waals surface area contributed by atoms with Crippen molar-refractivity contribution in [3.63, 3.8) is 0 Å². The highest BCUT2D eigenvalue weighted by Crippen LogP contribution is 2.17. The van der Waals surface area contributed by atoms with Gasteiger partial charge in [-0.15, -0.1) is 11.3 Å². The van der Waals surface area contributed by atoms with E-state index in [9.17, 15) is 4.79 Å². The van der Waals surface area contributed by atoms with Crippen LogP contribution in [0, 0.1) is 13.8 Å². The summed E-state index contributed by atoms with van der Waals surface area (Å²) in [6, 6.07) is 5.11. The van der Waals surface area contributed by atoms with Crippen LogP contribution >= 0.6 is 11.3 Å². The predicted octanol–water partition coefficient (Wildman–Crippen LogP) is 3.11. The number of anilines is 1. The number of nitrogens with one attached hydrogen (secondary N) is 1. The average molecular weight is 276 g/mol. The van der Waals surface area contributed by atoms with Crippen LogP contribution in [0.3, 0.4) is 0 Å². The summed E-state index contributed by atoms with van der Waals surface area (Å²) in [5, 5.41) is 15.4. The monoisotopic (exact) mass is 276 g/mol. The van der Waals surface area contributed by atoms with Gasteiger partial charge in [0.05, 0.1) is 10.6 Å². The fourth-order valence-corrected chi connectivity index (χ4v) is 2.59. The Morgan fingerprint density at radius 1 is 1.42 bits per heavy atom. The Bertz CT molecular complexity index is 593. The summed E-state index contributed by atoms with van der Waals surface area (Å²) >= 11 is 1.67. The molecule has 2 aromatic rings. The van der Waals surface area contributed by atoms with Crippen molar-refractivity contribution in [2.45, 2.75) is 20.3 Å². The summed E-state index contributed by atoms with van der Waals surface area (Å²) in [5.74, 6) is -0.895. The molecule has 0 aliphatic carbocycles. The van der Waals surface area contributed by atoms with Gasteiger partial charge in [0.25, 0.3) is 0 Å². The topological polar surface area (TPSA) is 62.2 Å². The quantitative estimate of drug-likeness (QED) is 0.880. The van der Waals surface area contributed by atoms with E-state index in [-0.39, 0.29) is 0 Å². The van der Waals surface area contributed by atoms with E-state index < -0.39 is 5.97 Å². The fourth-order valence-electron chi connectivity index (χ4n) is 1.82. The molecule has 0 saturated heterocycles. The maximum absolute atomic E-state index is 10.8. The molecule has 0 radical (unpaired) electrons. The van der Waals surface area contributed by atoms with Crippen LogP contribution in [0.2, 0.25) is 0 Å². The number of benzene rings is 1. The van der Waals surface area contributed by atoms with Crippen molar-refractivity contribution in [3.8, 4) is 0 Å². The number of thiazole rings is 1. The lowest BCUT2D eigenvalue weighted by Gasteiger charge is -2.09. The molecule has 0 unspecified atom stereocenters. The van der Waals surface area contributed by atoms with Gasteiger partial charge in [-0.25, -0.2) is 9.78 Å². The van der Waals surface area contributed by atoms with Crippen molar-refractivity contribution in [1.82, 2.24) is 4.98 Å². The molecular formula is C14H16N2O2S. The smallest absolute Gasteiger partial charge is 0.335 e. The molecule has 2 N–H and O–H groups in total. The Labute approximate surface area is 116 Å². The standard InChI is InChI=1S/C14H16N2O2S/c1-9-7-11(14(17)18)3-4-12(9)15-6-5-13-16-10(2)8-19-13/h3-4,7-8,15H,5-6H2,1-2H3,(H,17,18). The largest absolute Gasteiger partial charge is 0.478 e. The molecule has 100 valence electrons. The first-order valence-corrected chi connectivity index (χ1v) is 6.93. The summed E-state index contributed by atoms with van der Waals surface area (Å²) in [4.78, 5) is 15.2. The minimum Gasteiger partial charge on any atom is -0.478 e. The molecular weight excluding hydrogens is 260 g/mol. The summed E-state index contributed by atoms with van der Waals surface area (Å²) in [7, 11) is 0. The Morgan fingerprint density at radius 2 is 2.21 bits per heavy atom. The number of carbonyl (C=O) groups is 1. The van der Waals surface area contributed by atoms with E-state index in [4.69, 9.17) is 5.11 Å². The van der Waals surface area contributed by atoms with Crippen molar-refractivity contribution < 1.29 is 9.90 Å². The number of aromatic carboxylic acids is 1. The predicted molar refractivity (Wildman–Crippen MR) is 77.2 cm³/mol. The van der Waals surface area contributed by atoms with Gasteiger partial charge >= 0.3 is 5.97 Å². The van der Waals surface area contributed by atoms with Gasteiger partial charge < -0.3 is 10.4 Å². The lowest BCUT2D eigenvalue weighted by atomic mass is 10.1. The second kappa shape index (κ2) is 5.84. The average Bonchev–Trinajstić information content (AvgIpc) is 2.77. The number of hydrogen-bond acceptors (Lipinski definition) is 4. The molecule has 0 aliphatic rings. The minimum absolute atomic E-state index is 0.318. The van der Waals surface area contributed by atoms with E-state index in [1.807, 2.05) is 25.3 Å². The SMILES string of the molecule is Cc1csc(CCNc2ccc(C(=O)O)cc2C)n1. The summed E-state index contributed by atoms with van der Waals surface area (Å²) < 4.78 is 0. The van der Waals surface area contributed by atoms with Gasteiger partial charge in [-0.3, -0.25) is 0 Å². The number of hydrogen-bond donors (Lipinski definition) is 2. The van der Waals surface area contributed by atoms with E-state index in [1.54, 1.807) is 23.5 Å². The lowest BCUT2D eigenvalue weighted by Crippen LogP contribution is -2.07. The maximum atomic E-state index is 10.8. The van der Waals surface area contributed by atoms with E-state index >= 15 is 0 Å². The third-order valence-electron chi connectivity index (χ3n) is 2.79. The van der Waals surface area contributed by atoms with Gasteiger partial charge in [-0.2, -0.15) is 0 Å². The Balaban J connectivity index is 1.94. The first-order valence-electron chi connectivity index (χ1n) is 6.05. The third kappa shape index (κ3) is 3.54. The van der Waals surface area contributed by atoms with Crippen LogP contribution in [0.1, 0.15) is 26.6 Å². The summed E-state index contributed by atoms with van der Waals surface area (Å²) in [6.45, 7) is 4.69. The van der Waals surface area contributed by atoms with Gasteiger partial charge in [0.1, 0.15) is 0 Å². The highest BCUT2D eigenvalue weighted by molar-refractivity contribution is 7.09. The van der Waals surface area contributed by atoms with E-state index in [0.29, 0.717) is 5.56 Å². The van der Waals surface area contributed by atoms with Gasteiger partial charge in [-0.1, -0.05) is 0 Å². The second-order valence-corrected chi connectivity index (χ2v) is 5.34. The Hall–Kier alpha value is -1.88. The third-order valence-corrected chi connectivity index (χ3v) is 3.82. The number of rotatable bonds is 5. The van der Waals surface area contributed by atoms with Gasteiger partial charge in [0.15, 0.2) is 0 Å². The molecule has 19 heavy (non-hydrogen) atoms. The van der Waals surface area contributed by atoms with E-state index in [0.717, 1.165) is 34.9 Å². The first-order chi connectivity index (χ1) is 9.06. The number of carboxylic acid groups (broad SMARTS) is 1. The minimum atomic E-state index is -0.895. The van der Waals surface area contributed by atoms with Crippen molar-refractivity contribution in [3.05, 3.63) is 45.4 Å². The van der Waals surface area contributed by atoms with Crippen LogP contribution in [0.5, 0.6) is 0 Å². The summed E-state index contributed by atoms with van der Waals surface area (Å²) in [6.07, 6.45) is 0.874. The van der Waals surface area contributed by atoms with Crippen LogP contribution in [-0.4, -0.2) is 22.6 Å². The fraction of sp³-hybridized carbons (Fsp3) is 0.286. The number of carboxylic acids is 1. The molecule has 5 heteroatoms. The molecule has 1 heterocycles.